The van der Waals surface area contributed by atoms with Gasteiger partial charge in [0.1, 0.15) is 0 Å². The van der Waals surface area contributed by atoms with Gasteiger partial charge in [-0.1, -0.05) is 26.8 Å². The topological polar surface area (TPSA) is 32.3 Å². The molecule has 0 fully saturated rings. The van der Waals surface area contributed by atoms with Gasteiger partial charge in [-0.15, -0.1) is 0 Å². The molecular weight excluding hydrogens is 236 g/mol. The molecule has 1 aromatic rings. The minimum absolute atomic E-state index is 0.0749. The van der Waals surface area contributed by atoms with E-state index in [1.54, 1.807) is 4.90 Å². The number of hydrogen-bond acceptors (Lipinski definition) is 2. The van der Waals surface area contributed by atoms with Crippen molar-refractivity contribution in [3.8, 4) is 0 Å². The van der Waals surface area contributed by atoms with Crippen molar-refractivity contribution < 1.29 is 4.79 Å². The molecule has 0 unspecified atom stereocenters. The van der Waals surface area contributed by atoms with Gasteiger partial charge in [0.15, 0.2) is 0 Å². The van der Waals surface area contributed by atoms with E-state index in [0.29, 0.717) is 0 Å². The van der Waals surface area contributed by atoms with Crippen molar-refractivity contribution in [2.45, 2.75) is 34.6 Å². The van der Waals surface area contributed by atoms with Crippen LogP contribution in [0.4, 0.5) is 5.69 Å². The number of benzene rings is 1. The van der Waals surface area contributed by atoms with Crippen molar-refractivity contribution in [2.24, 2.45) is 5.41 Å². The van der Waals surface area contributed by atoms with Gasteiger partial charge >= 0.3 is 0 Å². The molecule has 0 aliphatic heterocycles. The monoisotopic (exact) mass is 262 g/mol. The maximum absolute atomic E-state index is 12.5. The van der Waals surface area contributed by atoms with Gasteiger partial charge in [0.2, 0.25) is 0 Å². The summed E-state index contributed by atoms with van der Waals surface area (Å²) >= 11 is 0. The number of carbonyl (C=O) groups is 1. The zero-order valence-electron chi connectivity index (χ0n) is 13.0. The first-order valence-electron chi connectivity index (χ1n) is 6.84. The Labute approximate surface area is 117 Å². The van der Waals surface area contributed by atoms with Crippen LogP contribution in [-0.4, -0.2) is 30.9 Å². The molecule has 0 saturated carbocycles. The fraction of sp³-hybridized carbons (Fsp3) is 0.562. The van der Waals surface area contributed by atoms with Crippen molar-refractivity contribution >= 4 is 11.6 Å². The fourth-order valence-electron chi connectivity index (χ4n) is 2.17. The molecule has 0 bridgehead atoms. The van der Waals surface area contributed by atoms with Crippen LogP contribution in [0, 0.1) is 12.3 Å². The van der Waals surface area contributed by atoms with Crippen LogP contribution in [0.2, 0.25) is 0 Å². The summed E-state index contributed by atoms with van der Waals surface area (Å²) in [4.78, 5) is 14.3. The second-order valence-corrected chi connectivity index (χ2v) is 6.30. The predicted molar refractivity (Wildman–Crippen MR) is 81.8 cm³/mol. The highest BCUT2D eigenvalue weighted by Gasteiger charge is 2.20. The zero-order chi connectivity index (χ0) is 14.6. The Morgan fingerprint density at radius 2 is 1.95 bits per heavy atom. The minimum Gasteiger partial charge on any atom is -0.385 e. The largest absolute Gasteiger partial charge is 0.385 e. The Morgan fingerprint density at radius 3 is 2.47 bits per heavy atom. The molecule has 1 N–H and O–H groups in total. The lowest BCUT2D eigenvalue weighted by atomic mass is 9.96. The molecule has 3 nitrogen and oxygen atoms in total. The van der Waals surface area contributed by atoms with E-state index in [2.05, 4.69) is 26.1 Å². The van der Waals surface area contributed by atoms with Crippen molar-refractivity contribution in [3.63, 3.8) is 0 Å². The van der Waals surface area contributed by atoms with E-state index in [-0.39, 0.29) is 11.3 Å². The highest BCUT2D eigenvalue weighted by atomic mass is 16.2. The summed E-state index contributed by atoms with van der Waals surface area (Å²) in [5.74, 6) is 0.0749. The lowest BCUT2D eigenvalue weighted by Crippen LogP contribution is -2.34. The van der Waals surface area contributed by atoms with E-state index in [1.807, 2.05) is 39.1 Å². The summed E-state index contributed by atoms with van der Waals surface area (Å²) in [6.45, 7) is 12.0. The van der Waals surface area contributed by atoms with Gasteiger partial charge in [-0.25, -0.2) is 0 Å². The molecule has 0 heterocycles. The first-order chi connectivity index (χ1) is 8.74. The summed E-state index contributed by atoms with van der Waals surface area (Å²) < 4.78 is 0. The van der Waals surface area contributed by atoms with Gasteiger partial charge < -0.3 is 10.2 Å². The number of amides is 1. The minimum atomic E-state index is 0.0749. The van der Waals surface area contributed by atoms with Crippen LogP contribution >= 0.6 is 0 Å². The third-order valence-electron chi connectivity index (χ3n) is 2.83. The second-order valence-electron chi connectivity index (χ2n) is 6.30. The third-order valence-corrected chi connectivity index (χ3v) is 2.83. The number of hydrogen-bond donors (Lipinski definition) is 1. The number of nitrogens with zero attached hydrogens (tertiary/aromatic N) is 1. The average molecular weight is 262 g/mol. The molecular formula is C16H26N2O. The molecule has 0 saturated heterocycles. The number of rotatable bonds is 4. The van der Waals surface area contributed by atoms with Crippen molar-refractivity contribution in [3.05, 3.63) is 29.3 Å². The number of nitrogens with one attached hydrogen (secondary N) is 1. The van der Waals surface area contributed by atoms with Crippen LogP contribution in [0.3, 0.4) is 0 Å². The van der Waals surface area contributed by atoms with Gasteiger partial charge in [-0.05, 0) is 37.0 Å². The Bertz CT molecular complexity index is 447. The van der Waals surface area contributed by atoms with E-state index in [1.165, 1.54) is 0 Å². The highest BCUT2D eigenvalue weighted by Crippen LogP contribution is 2.21. The molecule has 0 aliphatic carbocycles. The first kappa shape index (κ1) is 15.5. The normalized spacial score (nSPS) is 11.3. The maximum atomic E-state index is 12.5. The summed E-state index contributed by atoms with van der Waals surface area (Å²) in [7, 11) is 1.86. The summed E-state index contributed by atoms with van der Waals surface area (Å²) in [5, 5.41) is 3.27. The van der Waals surface area contributed by atoms with Crippen LogP contribution in [0.5, 0.6) is 0 Å². The van der Waals surface area contributed by atoms with E-state index < -0.39 is 0 Å². The summed E-state index contributed by atoms with van der Waals surface area (Å²) in [6, 6.07) is 5.93. The van der Waals surface area contributed by atoms with Gasteiger partial charge in [0.25, 0.3) is 5.91 Å². The third kappa shape index (κ3) is 4.58. The molecule has 0 atom stereocenters. The van der Waals surface area contributed by atoms with E-state index in [0.717, 1.165) is 29.9 Å². The van der Waals surface area contributed by atoms with Gasteiger partial charge in [0.05, 0.1) is 5.56 Å². The quantitative estimate of drug-likeness (QED) is 0.900. The Kier molecular flexibility index (Phi) is 4.98. The van der Waals surface area contributed by atoms with Crippen molar-refractivity contribution in [1.29, 1.82) is 0 Å². The average Bonchev–Trinajstić information content (AvgIpc) is 2.26. The van der Waals surface area contributed by atoms with E-state index in [9.17, 15) is 4.79 Å². The van der Waals surface area contributed by atoms with E-state index in [4.69, 9.17) is 0 Å². The molecule has 0 radical (unpaired) electrons. The molecule has 0 spiro atoms. The molecule has 1 aromatic carbocycles. The molecule has 0 aliphatic rings. The Balaban J connectivity index is 2.98. The predicted octanol–water partition coefficient (Wildman–Crippen LogP) is 3.54. The van der Waals surface area contributed by atoms with Crippen LogP contribution in [0.1, 0.15) is 43.6 Å². The standard InChI is InChI=1S/C16H26N2O/c1-7-17-14-10-12(2)8-9-13(14)15(19)18(6)11-16(3,4)5/h8-10,17H,7,11H2,1-6H3. The lowest BCUT2D eigenvalue weighted by molar-refractivity contribution is 0.0746. The zero-order valence-corrected chi connectivity index (χ0v) is 13.0. The Morgan fingerprint density at radius 1 is 1.32 bits per heavy atom. The molecule has 0 aromatic heterocycles. The summed E-state index contributed by atoms with van der Waals surface area (Å²) in [6.07, 6.45) is 0. The molecule has 106 valence electrons. The fourth-order valence-corrected chi connectivity index (χ4v) is 2.17. The molecule has 3 heteroatoms. The van der Waals surface area contributed by atoms with Gasteiger partial charge in [-0.2, -0.15) is 0 Å². The van der Waals surface area contributed by atoms with Crippen LogP contribution < -0.4 is 5.32 Å². The first-order valence-corrected chi connectivity index (χ1v) is 6.84. The number of carbonyl (C=O) groups excluding carboxylic acids is 1. The lowest BCUT2D eigenvalue weighted by Gasteiger charge is -2.27. The van der Waals surface area contributed by atoms with Crippen LogP contribution in [0.15, 0.2) is 18.2 Å². The summed E-state index contributed by atoms with van der Waals surface area (Å²) in [5.41, 5.74) is 2.94. The SMILES string of the molecule is CCNc1cc(C)ccc1C(=O)N(C)CC(C)(C)C. The van der Waals surface area contributed by atoms with Crippen LogP contribution in [0.25, 0.3) is 0 Å². The van der Waals surface area contributed by atoms with E-state index >= 15 is 0 Å². The Hall–Kier alpha value is -1.51. The highest BCUT2D eigenvalue weighted by molar-refractivity contribution is 5.99. The van der Waals surface area contributed by atoms with Gasteiger partial charge in [-0.3, -0.25) is 4.79 Å². The van der Waals surface area contributed by atoms with Crippen molar-refractivity contribution in [1.82, 2.24) is 4.90 Å². The van der Waals surface area contributed by atoms with Crippen molar-refractivity contribution in [2.75, 3.05) is 25.5 Å². The number of aryl methyl sites for hydroxylation is 1. The number of anilines is 1. The molecule has 1 amide bonds. The molecule has 1 rings (SSSR count). The van der Waals surface area contributed by atoms with Gasteiger partial charge in [0, 0.05) is 25.8 Å². The van der Waals surface area contributed by atoms with Crippen LogP contribution in [-0.2, 0) is 0 Å². The smallest absolute Gasteiger partial charge is 0.255 e. The second kappa shape index (κ2) is 6.09. The maximum Gasteiger partial charge on any atom is 0.255 e. The molecule has 19 heavy (non-hydrogen) atoms.